The average molecular weight is 288 g/mol. The number of amides is 1. The van der Waals surface area contributed by atoms with Gasteiger partial charge in [-0.25, -0.2) is 0 Å². The molecule has 0 bridgehead atoms. The summed E-state index contributed by atoms with van der Waals surface area (Å²) in [7, 11) is 1.85. The van der Waals surface area contributed by atoms with Crippen molar-refractivity contribution in [3.63, 3.8) is 0 Å². The molecule has 0 spiro atoms. The van der Waals surface area contributed by atoms with Gasteiger partial charge in [0.1, 0.15) is 4.99 Å². The molecule has 0 aliphatic rings. The Hall–Kier alpha value is -2.21. The van der Waals surface area contributed by atoms with Gasteiger partial charge in [0.2, 0.25) is 0 Å². The van der Waals surface area contributed by atoms with Crippen molar-refractivity contribution >= 4 is 23.1 Å². The van der Waals surface area contributed by atoms with E-state index in [1.54, 1.807) is 28.9 Å². The van der Waals surface area contributed by atoms with E-state index in [-0.39, 0.29) is 10.9 Å². The van der Waals surface area contributed by atoms with Gasteiger partial charge >= 0.3 is 0 Å². The Morgan fingerprint density at radius 3 is 2.75 bits per heavy atom. The van der Waals surface area contributed by atoms with Crippen LogP contribution in [0.3, 0.4) is 0 Å². The number of thiocarbonyl (C=S) groups is 1. The number of hydrogen-bond acceptors (Lipinski definition) is 3. The molecule has 3 N–H and O–H groups in total. The minimum absolute atomic E-state index is 0.161. The Morgan fingerprint density at radius 2 is 2.15 bits per heavy atom. The molecule has 20 heavy (non-hydrogen) atoms. The van der Waals surface area contributed by atoms with E-state index in [1.807, 2.05) is 20.2 Å². The first-order valence-corrected chi connectivity index (χ1v) is 6.55. The minimum atomic E-state index is -0.161. The van der Waals surface area contributed by atoms with Crippen LogP contribution in [0.4, 0.5) is 0 Å². The molecule has 0 atom stereocenters. The van der Waals surface area contributed by atoms with Crippen LogP contribution >= 0.6 is 12.2 Å². The lowest BCUT2D eigenvalue weighted by Crippen LogP contribution is -2.23. The van der Waals surface area contributed by atoms with E-state index in [1.165, 1.54) is 0 Å². The number of nitrogens with one attached hydrogen (secondary N) is 1. The average Bonchev–Trinajstić information content (AvgIpc) is 2.74. The van der Waals surface area contributed by atoms with Crippen molar-refractivity contribution in [3.8, 4) is 0 Å². The third kappa shape index (κ3) is 3.21. The van der Waals surface area contributed by atoms with Gasteiger partial charge in [0, 0.05) is 36.5 Å². The maximum Gasteiger partial charge on any atom is 0.251 e. The van der Waals surface area contributed by atoms with Gasteiger partial charge in [0.05, 0.1) is 5.69 Å². The highest BCUT2D eigenvalue weighted by Crippen LogP contribution is 2.07. The number of rotatable bonds is 4. The second-order valence-corrected chi connectivity index (χ2v) is 4.98. The molecule has 0 radical (unpaired) electrons. The zero-order valence-electron chi connectivity index (χ0n) is 11.4. The molecule has 1 aromatic carbocycles. The Morgan fingerprint density at radius 1 is 1.45 bits per heavy atom. The fourth-order valence-corrected chi connectivity index (χ4v) is 2.04. The zero-order chi connectivity index (χ0) is 14.7. The summed E-state index contributed by atoms with van der Waals surface area (Å²) in [6.45, 7) is 2.35. The molecule has 0 fully saturated rings. The van der Waals surface area contributed by atoms with Crippen molar-refractivity contribution in [1.82, 2.24) is 15.1 Å². The third-order valence-electron chi connectivity index (χ3n) is 2.96. The smallest absolute Gasteiger partial charge is 0.251 e. The van der Waals surface area contributed by atoms with Gasteiger partial charge in [0.15, 0.2) is 0 Å². The fourth-order valence-electron chi connectivity index (χ4n) is 1.91. The van der Waals surface area contributed by atoms with Crippen LogP contribution in [0, 0.1) is 6.92 Å². The highest BCUT2D eigenvalue weighted by Gasteiger charge is 2.09. The minimum Gasteiger partial charge on any atom is -0.389 e. The van der Waals surface area contributed by atoms with Crippen LogP contribution in [0.1, 0.15) is 27.2 Å². The molecule has 0 aliphatic carbocycles. The van der Waals surface area contributed by atoms with Crippen LogP contribution in [0.25, 0.3) is 0 Å². The number of carbonyl (C=O) groups excluding carboxylic acids is 1. The predicted octanol–water partition coefficient (Wildman–Crippen LogP) is 1.29. The maximum absolute atomic E-state index is 12.1. The Kier molecular flexibility index (Phi) is 4.14. The summed E-state index contributed by atoms with van der Waals surface area (Å²) in [6, 6.07) is 6.96. The molecule has 104 valence electrons. The standard InChI is InChI=1S/C14H16N4OS/c1-9-12(8-18(2)17-9)7-16-14(19)11-5-3-4-10(6-11)13(15)20/h3-6,8H,7H2,1-2H3,(H2,15,20)(H,16,19). The first-order chi connectivity index (χ1) is 9.47. The van der Waals surface area contributed by atoms with Crippen LogP contribution in [-0.4, -0.2) is 20.7 Å². The summed E-state index contributed by atoms with van der Waals surface area (Å²) in [4.78, 5) is 12.4. The number of carbonyl (C=O) groups is 1. The van der Waals surface area contributed by atoms with Crippen molar-refractivity contribution in [2.24, 2.45) is 12.8 Å². The highest BCUT2D eigenvalue weighted by atomic mass is 32.1. The number of nitrogens with two attached hydrogens (primary N) is 1. The number of aromatic nitrogens is 2. The largest absolute Gasteiger partial charge is 0.389 e. The number of hydrogen-bond donors (Lipinski definition) is 2. The van der Waals surface area contributed by atoms with E-state index in [4.69, 9.17) is 18.0 Å². The van der Waals surface area contributed by atoms with Crippen LogP contribution < -0.4 is 11.1 Å². The van der Waals surface area contributed by atoms with Crippen LogP contribution in [0.15, 0.2) is 30.5 Å². The molecule has 5 nitrogen and oxygen atoms in total. The lowest BCUT2D eigenvalue weighted by molar-refractivity contribution is 0.0951. The summed E-state index contributed by atoms with van der Waals surface area (Å²) >= 11 is 4.90. The quantitative estimate of drug-likeness (QED) is 0.832. The summed E-state index contributed by atoms with van der Waals surface area (Å²) in [5.41, 5.74) is 8.68. The molecule has 1 aromatic heterocycles. The van der Waals surface area contributed by atoms with Crippen molar-refractivity contribution in [3.05, 3.63) is 52.8 Å². The molecular formula is C14H16N4OS. The highest BCUT2D eigenvalue weighted by molar-refractivity contribution is 7.80. The Labute approximate surface area is 122 Å². The molecule has 2 aromatic rings. The first kappa shape index (κ1) is 14.2. The molecule has 6 heteroatoms. The summed E-state index contributed by atoms with van der Waals surface area (Å²) in [5.74, 6) is -0.161. The predicted molar refractivity (Wildman–Crippen MR) is 81.4 cm³/mol. The summed E-state index contributed by atoms with van der Waals surface area (Å²) in [5, 5.41) is 7.09. The molecular weight excluding hydrogens is 272 g/mol. The molecule has 1 heterocycles. The summed E-state index contributed by atoms with van der Waals surface area (Å²) < 4.78 is 1.73. The van der Waals surface area contributed by atoms with Crippen molar-refractivity contribution in [2.45, 2.75) is 13.5 Å². The van der Waals surface area contributed by atoms with Crippen molar-refractivity contribution < 1.29 is 4.79 Å². The van der Waals surface area contributed by atoms with Gasteiger partial charge in [-0.3, -0.25) is 9.48 Å². The monoisotopic (exact) mass is 288 g/mol. The molecule has 0 unspecified atom stereocenters. The van der Waals surface area contributed by atoms with E-state index < -0.39 is 0 Å². The van der Waals surface area contributed by atoms with Gasteiger partial charge in [-0.2, -0.15) is 5.10 Å². The van der Waals surface area contributed by atoms with Gasteiger partial charge in [-0.05, 0) is 19.1 Å². The SMILES string of the molecule is Cc1nn(C)cc1CNC(=O)c1cccc(C(N)=S)c1. The van der Waals surface area contributed by atoms with E-state index in [2.05, 4.69) is 10.4 Å². The number of aryl methyl sites for hydroxylation is 2. The van der Waals surface area contributed by atoms with Crippen molar-refractivity contribution in [1.29, 1.82) is 0 Å². The lowest BCUT2D eigenvalue weighted by Gasteiger charge is -2.06. The normalized spacial score (nSPS) is 10.3. The van der Waals surface area contributed by atoms with Crippen LogP contribution in [0.5, 0.6) is 0 Å². The molecule has 0 saturated carbocycles. The summed E-state index contributed by atoms with van der Waals surface area (Å²) in [6.07, 6.45) is 1.89. The Balaban J connectivity index is 2.07. The second-order valence-electron chi connectivity index (χ2n) is 4.54. The van der Waals surface area contributed by atoms with Gasteiger partial charge < -0.3 is 11.1 Å². The molecule has 0 aliphatic heterocycles. The van der Waals surface area contributed by atoms with E-state index in [0.29, 0.717) is 17.7 Å². The number of nitrogens with zero attached hydrogens (tertiary/aromatic N) is 2. The van der Waals surface area contributed by atoms with Crippen molar-refractivity contribution in [2.75, 3.05) is 0 Å². The molecule has 0 saturated heterocycles. The fraction of sp³-hybridized carbons (Fsp3) is 0.214. The van der Waals surface area contributed by atoms with E-state index in [9.17, 15) is 4.79 Å². The maximum atomic E-state index is 12.1. The van der Waals surface area contributed by atoms with E-state index in [0.717, 1.165) is 11.3 Å². The van der Waals surface area contributed by atoms with Gasteiger partial charge in [0.25, 0.3) is 5.91 Å². The third-order valence-corrected chi connectivity index (χ3v) is 3.20. The molecule has 1 amide bonds. The van der Waals surface area contributed by atoms with Crippen LogP contribution in [-0.2, 0) is 13.6 Å². The zero-order valence-corrected chi connectivity index (χ0v) is 12.2. The Bertz CT molecular complexity index is 663. The van der Waals surface area contributed by atoms with Gasteiger partial charge in [-0.15, -0.1) is 0 Å². The topological polar surface area (TPSA) is 72.9 Å². The molecule has 2 rings (SSSR count). The van der Waals surface area contributed by atoms with Gasteiger partial charge in [-0.1, -0.05) is 24.4 Å². The second kappa shape index (κ2) is 5.83. The van der Waals surface area contributed by atoms with E-state index >= 15 is 0 Å². The number of benzene rings is 1. The lowest BCUT2D eigenvalue weighted by atomic mass is 10.1. The first-order valence-electron chi connectivity index (χ1n) is 6.14. The van der Waals surface area contributed by atoms with Crippen LogP contribution in [0.2, 0.25) is 0 Å².